The van der Waals surface area contributed by atoms with Gasteiger partial charge in [0.2, 0.25) is 16.3 Å². The molecule has 6 aromatic carbocycles. The number of fused-ring (bicyclic) bond motifs is 6. The second-order valence-electron chi connectivity index (χ2n) is 22.6. The molecule has 0 saturated carbocycles. The van der Waals surface area contributed by atoms with Crippen LogP contribution in [0.3, 0.4) is 0 Å². The number of anilines is 3. The van der Waals surface area contributed by atoms with Gasteiger partial charge in [0.25, 0.3) is 23.6 Å². The summed E-state index contributed by atoms with van der Waals surface area (Å²) in [6.07, 6.45) is 11.8. The van der Waals surface area contributed by atoms with Crippen LogP contribution in [-0.4, -0.2) is 109 Å². The SMILES string of the molecule is C1CCOC1.CC(C)CN.CC(C)CNC(=O)c1cc2cc[nH]c2cc1NC(=O)c1c[nH]c2ccccc2c1=O.CCOC(=O)c1cc2cc[nH]c2cc1NC(=O)c1c[nH]c2ccccc2c1=O.O=C(O)c1cc2cc[nH]c2cc1NC(=O)c1c[nH]c2ccccc2c1=O.[NH-]O.[Na+]. The Morgan fingerprint density at radius 1 is 0.495 bits per heavy atom. The summed E-state index contributed by atoms with van der Waals surface area (Å²) in [7, 11) is 0. The summed E-state index contributed by atoms with van der Waals surface area (Å²) in [6.45, 7) is 13.4. The smallest absolute Gasteiger partial charge is 0.553 e. The van der Waals surface area contributed by atoms with E-state index in [1.807, 2.05) is 32.0 Å². The van der Waals surface area contributed by atoms with Gasteiger partial charge in [0.1, 0.15) is 16.7 Å². The average molecular weight is 1330 g/mol. The number of pyridine rings is 3. The maximum absolute atomic E-state index is 12.9. The molecule has 1 aliphatic rings. The topological polar surface area (TPSA) is 405 Å². The first-order chi connectivity index (χ1) is 46.3. The monoisotopic (exact) mass is 1320 g/mol. The summed E-state index contributed by atoms with van der Waals surface area (Å²) in [6, 6.07) is 35.9. The van der Waals surface area contributed by atoms with E-state index in [2.05, 4.69) is 65.0 Å². The molecule has 0 bridgehead atoms. The first-order valence-corrected chi connectivity index (χ1v) is 30.6. The number of carboxylic acids is 1. The summed E-state index contributed by atoms with van der Waals surface area (Å²) < 4.78 is 10.0. The van der Waals surface area contributed by atoms with Gasteiger partial charge < -0.3 is 82.6 Å². The number of aromatic nitrogens is 6. The fraction of sp³-hybridized carbons (Fsp3) is 0.197. The molecule has 26 heteroatoms. The first kappa shape index (κ1) is 73.6. The van der Waals surface area contributed by atoms with Gasteiger partial charge in [0.05, 0.1) is 40.4 Å². The van der Waals surface area contributed by atoms with E-state index >= 15 is 0 Å². The Morgan fingerprint density at radius 2 is 0.845 bits per heavy atom. The van der Waals surface area contributed by atoms with Gasteiger partial charge >= 0.3 is 41.5 Å². The molecule has 0 aliphatic carbocycles. The molecule has 1 saturated heterocycles. The molecule has 25 nitrogen and oxygen atoms in total. The quantitative estimate of drug-likeness (QED) is 0.0291. The van der Waals surface area contributed by atoms with Gasteiger partial charge in [0, 0.05) is 122 Å². The number of carbonyl (C=O) groups excluding carboxylic acids is 5. The van der Waals surface area contributed by atoms with Crippen LogP contribution in [0.15, 0.2) is 179 Å². The predicted octanol–water partition coefficient (Wildman–Crippen LogP) is 8.88. The minimum Gasteiger partial charge on any atom is -0.553 e. The third kappa shape index (κ3) is 18.6. The maximum Gasteiger partial charge on any atom is 1.00 e. The van der Waals surface area contributed by atoms with Crippen molar-refractivity contribution in [3.05, 3.63) is 235 Å². The molecule has 1 aliphatic heterocycles. The average Bonchev–Trinajstić information content (AvgIpc) is 1.03. The Bertz CT molecular complexity index is 4960. The van der Waals surface area contributed by atoms with Crippen LogP contribution in [0.4, 0.5) is 17.1 Å². The number of carbonyl (C=O) groups is 6. The Balaban J connectivity index is 0.000000188. The minimum atomic E-state index is -1.17. The number of rotatable bonds is 13. The van der Waals surface area contributed by atoms with E-state index in [9.17, 15) is 48.3 Å². The van der Waals surface area contributed by atoms with Gasteiger partial charge in [-0.05, 0) is 129 Å². The number of amides is 4. The van der Waals surface area contributed by atoms with Crippen molar-refractivity contribution < 1.29 is 78.1 Å². The van der Waals surface area contributed by atoms with Gasteiger partial charge in [-0.25, -0.2) is 9.59 Å². The van der Waals surface area contributed by atoms with E-state index in [1.54, 1.807) is 123 Å². The molecular formula is C71H73N12NaO13. The first-order valence-electron chi connectivity index (χ1n) is 30.6. The predicted molar refractivity (Wildman–Crippen MR) is 373 cm³/mol. The van der Waals surface area contributed by atoms with Crippen LogP contribution in [0.5, 0.6) is 0 Å². The Labute approximate surface area is 576 Å². The van der Waals surface area contributed by atoms with E-state index in [4.69, 9.17) is 26.3 Å². The van der Waals surface area contributed by atoms with Gasteiger partial charge in [0.15, 0.2) is 0 Å². The van der Waals surface area contributed by atoms with Crippen LogP contribution >= 0.6 is 0 Å². The van der Waals surface area contributed by atoms with Crippen LogP contribution in [-0.2, 0) is 9.47 Å². The number of para-hydroxylation sites is 3. The molecule has 0 atom stereocenters. The van der Waals surface area contributed by atoms with Crippen LogP contribution in [0, 0.1) is 11.8 Å². The number of esters is 1. The number of hydrogen-bond acceptors (Lipinski definition) is 13. The zero-order chi connectivity index (χ0) is 69.0. The van der Waals surface area contributed by atoms with Gasteiger partial charge in [-0.2, -0.15) is 0 Å². The van der Waals surface area contributed by atoms with Crippen molar-refractivity contribution in [1.29, 1.82) is 0 Å². The van der Waals surface area contributed by atoms with Crippen molar-refractivity contribution in [3.63, 3.8) is 0 Å². The zero-order valence-electron chi connectivity index (χ0n) is 54.2. The van der Waals surface area contributed by atoms with E-state index in [0.29, 0.717) is 73.2 Å². The number of ether oxygens (including phenoxy) is 2. The standard InChI is InChI=1S/C23H22N4O3.C21H17N3O4.C19H13N3O4.C4H11N.C4H8O.H2NO.Na/c1-13(2)11-26-22(29)16-9-14-7-8-24-19(14)10-20(16)27-23(30)17-12-25-18-6-4-3-5-15(18)21(17)28;1-2-28-21(27)14-9-12-7-8-22-17(12)10-18(14)24-20(26)15-11-23-16-6-4-3-5-13(16)19(15)25;23-17-11-3-1-2-4-14(11)21-9-13(17)18(24)22-16-8-15-10(5-6-20-15)7-12(16)19(25)26;1-4(2)3-5;1-2-4-5-3-1;1-2;/h3-10,12-13,24H,11H2,1-2H3,(H,25,28)(H,26,29)(H,27,30);3-11,22H,2H2,1H3,(H,23,25)(H,24,26);1-9,20H,(H,21,23)(H,22,24)(H,25,26);4H,3,5H2,1-2H3;1-4H2;1-2H;/q;;;;;-1;+1. The Kier molecular flexibility index (Phi) is 26.7. The molecule has 0 radical (unpaired) electrons. The summed E-state index contributed by atoms with van der Waals surface area (Å²) in [5.41, 5.74) is 9.19. The molecule has 15 N–H and O–H groups in total. The molecule has 13 rings (SSSR count). The zero-order valence-corrected chi connectivity index (χ0v) is 56.2. The summed E-state index contributed by atoms with van der Waals surface area (Å²) in [4.78, 5) is 131. The van der Waals surface area contributed by atoms with E-state index in [0.717, 1.165) is 41.6 Å². The Hall–Kier alpha value is -10.8. The molecule has 0 spiro atoms. The van der Waals surface area contributed by atoms with Crippen LogP contribution in [0.25, 0.3) is 71.3 Å². The largest absolute Gasteiger partial charge is 1.00 e. The minimum absolute atomic E-state index is 0. The fourth-order valence-electron chi connectivity index (χ4n) is 9.83. The summed E-state index contributed by atoms with van der Waals surface area (Å²) in [5, 5.41) is 30.1. The molecule has 4 amide bonds. The van der Waals surface area contributed by atoms with Gasteiger partial charge in [-0.15, -0.1) is 0 Å². The maximum atomic E-state index is 12.9. The number of carboxylic acid groups (broad SMARTS) is 1. The third-order valence-electron chi connectivity index (χ3n) is 14.9. The van der Waals surface area contributed by atoms with Crippen LogP contribution in [0.1, 0.15) is 110 Å². The van der Waals surface area contributed by atoms with E-state index in [-0.39, 0.29) is 92.1 Å². The van der Waals surface area contributed by atoms with Crippen LogP contribution < -0.4 is 72.8 Å². The number of aromatic amines is 6. The van der Waals surface area contributed by atoms with Crippen molar-refractivity contribution in [2.24, 2.45) is 17.6 Å². The van der Waals surface area contributed by atoms with Crippen molar-refractivity contribution in [1.82, 2.24) is 35.2 Å². The number of benzene rings is 6. The third-order valence-corrected chi connectivity index (χ3v) is 14.9. The number of nitrogens with two attached hydrogens (primary N) is 1. The molecular weight excluding hydrogens is 1250 g/mol. The van der Waals surface area contributed by atoms with Gasteiger partial charge in [-0.1, -0.05) is 64.1 Å². The molecule has 1 fully saturated rings. The number of hydrogen-bond donors (Lipinski definition) is 13. The second-order valence-corrected chi connectivity index (χ2v) is 22.6. The van der Waals surface area contributed by atoms with Crippen molar-refractivity contribution in [2.45, 2.75) is 47.5 Å². The van der Waals surface area contributed by atoms with Crippen molar-refractivity contribution >= 4 is 118 Å². The molecule has 12 aromatic rings. The van der Waals surface area contributed by atoms with E-state index in [1.165, 1.54) is 43.6 Å². The summed E-state index contributed by atoms with van der Waals surface area (Å²) >= 11 is 0. The van der Waals surface area contributed by atoms with Crippen molar-refractivity contribution in [2.75, 3.05) is 48.9 Å². The van der Waals surface area contributed by atoms with Crippen LogP contribution in [0.2, 0.25) is 0 Å². The molecule has 7 heterocycles. The Morgan fingerprint density at radius 3 is 1.19 bits per heavy atom. The number of nitrogens with one attached hydrogen (secondary N) is 11. The number of H-pyrrole nitrogens is 6. The second kappa shape index (κ2) is 35.1. The van der Waals surface area contributed by atoms with E-state index < -0.39 is 35.1 Å². The molecule has 0 unspecified atom stereocenters. The molecule has 6 aromatic heterocycles. The number of aromatic carboxylic acids is 1. The molecule has 496 valence electrons. The molecule has 97 heavy (non-hydrogen) atoms. The summed E-state index contributed by atoms with van der Waals surface area (Å²) in [5.74, 6) is 1.84. The van der Waals surface area contributed by atoms with Crippen molar-refractivity contribution in [3.8, 4) is 0 Å². The van der Waals surface area contributed by atoms with Gasteiger partial charge in [-0.3, -0.25) is 33.6 Å². The fourth-order valence-corrected chi connectivity index (χ4v) is 9.83. The normalized spacial score (nSPS) is 11.3.